The summed E-state index contributed by atoms with van der Waals surface area (Å²) in [6.45, 7) is 4.85. The Hall–Kier alpha value is -2.51. The molecule has 0 radical (unpaired) electrons. The highest BCUT2D eigenvalue weighted by Crippen LogP contribution is 2.19. The Morgan fingerprint density at radius 3 is 2.52 bits per heavy atom. The van der Waals surface area contributed by atoms with Gasteiger partial charge in [-0.2, -0.15) is 0 Å². The van der Waals surface area contributed by atoms with Crippen molar-refractivity contribution in [3.63, 3.8) is 0 Å². The van der Waals surface area contributed by atoms with Crippen molar-refractivity contribution in [2.24, 2.45) is 7.05 Å². The highest BCUT2D eigenvalue weighted by atomic mass is 35.5. The molecule has 0 unspecified atom stereocenters. The molecule has 1 heterocycles. The lowest BCUT2D eigenvalue weighted by Crippen LogP contribution is -2.24. The van der Waals surface area contributed by atoms with Gasteiger partial charge in [-0.15, -0.1) is 10.2 Å². The standard InChI is InChI=1S/C21H23ClN4O2S/c1-14-8-15(2)10-18(9-14)28-12-19-24-25-21(26(19)3)29-13-20(27)23-11-16-4-6-17(22)7-5-16/h4-10H,11-13H2,1-3H3,(H,23,27). The molecule has 0 spiro atoms. The van der Waals surface area contributed by atoms with Crippen LogP contribution in [-0.4, -0.2) is 26.4 Å². The maximum Gasteiger partial charge on any atom is 0.230 e. The summed E-state index contributed by atoms with van der Waals surface area (Å²) in [6.07, 6.45) is 0. The maximum absolute atomic E-state index is 12.1. The molecule has 0 saturated heterocycles. The number of hydrogen-bond acceptors (Lipinski definition) is 5. The van der Waals surface area contributed by atoms with Crippen LogP contribution in [0.1, 0.15) is 22.5 Å². The number of nitrogens with one attached hydrogen (secondary N) is 1. The van der Waals surface area contributed by atoms with E-state index in [2.05, 4.69) is 21.6 Å². The van der Waals surface area contributed by atoms with Gasteiger partial charge in [0.25, 0.3) is 0 Å². The Bertz CT molecular complexity index is 969. The molecule has 0 bridgehead atoms. The largest absolute Gasteiger partial charge is 0.486 e. The molecule has 3 rings (SSSR count). The zero-order chi connectivity index (χ0) is 20.8. The first-order valence-electron chi connectivity index (χ1n) is 9.14. The Morgan fingerprint density at radius 2 is 1.83 bits per heavy atom. The van der Waals surface area contributed by atoms with E-state index in [0.717, 1.165) is 22.4 Å². The van der Waals surface area contributed by atoms with Crippen LogP contribution in [-0.2, 0) is 25.0 Å². The molecule has 3 aromatic rings. The first kappa shape index (κ1) is 21.2. The molecule has 0 saturated carbocycles. The number of amides is 1. The molecular formula is C21H23ClN4O2S. The van der Waals surface area contributed by atoms with E-state index in [4.69, 9.17) is 16.3 Å². The van der Waals surface area contributed by atoms with Crippen LogP contribution >= 0.6 is 23.4 Å². The monoisotopic (exact) mass is 430 g/mol. The van der Waals surface area contributed by atoms with E-state index in [1.165, 1.54) is 11.8 Å². The number of ether oxygens (including phenoxy) is 1. The van der Waals surface area contributed by atoms with Crippen LogP contribution in [0.15, 0.2) is 47.6 Å². The molecule has 8 heteroatoms. The van der Waals surface area contributed by atoms with Crippen molar-refractivity contribution in [1.29, 1.82) is 0 Å². The SMILES string of the molecule is Cc1cc(C)cc(OCc2nnc(SCC(=O)NCc3ccc(Cl)cc3)n2C)c1. The lowest BCUT2D eigenvalue weighted by molar-refractivity contribution is -0.118. The minimum Gasteiger partial charge on any atom is -0.486 e. The topological polar surface area (TPSA) is 69.0 Å². The van der Waals surface area contributed by atoms with Crippen LogP contribution in [0.4, 0.5) is 0 Å². The zero-order valence-electron chi connectivity index (χ0n) is 16.6. The molecule has 1 amide bonds. The molecule has 152 valence electrons. The predicted molar refractivity (Wildman–Crippen MR) is 115 cm³/mol. The molecule has 0 aliphatic rings. The van der Waals surface area contributed by atoms with Crippen molar-refractivity contribution in [1.82, 2.24) is 20.1 Å². The third kappa shape index (κ3) is 6.24. The average molecular weight is 431 g/mol. The van der Waals surface area contributed by atoms with Crippen LogP contribution in [0.25, 0.3) is 0 Å². The van der Waals surface area contributed by atoms with E-state index < -0.39 is 0 Å². The van der Waals surface area contributed by atoms with Gasteiger partial charge < -0.3 is 14.6 Å². The smallest absolute Gasteiger partial charge is 0.230 e. The number of benzene rings is 2. The number of aromatic nitrogens is 3. The normalized spacial score (nSPS) is 10.8. The van der Waals surface area contributed by atoms with Gasteiger partial charge in [-0.05, 0) is 54.8 Å². The minimum atomic E-state index is -0.0685. The summed E-state index contributed by atoms with van der Waals surface area (Å²) in [5.41, 5.74) is 3.30. The summed E-state index contributed by atoms with van der Waals surface area (Å²) in [7, 11) is 1.87. The van der Waals surface area contributed by atoms with E-state index in [-0.39, 0.29) is 11.7 Å². The zero-order valence-corrected chi connectivity index (χ0v) is 18.2. The summed E-state index contributed by atoms with van der Waals surface area (Å²) in [5, 5.41) is 12.6. The molecule has 0 aliphatic carbocycles. The van der Waals surface area contributed by atoms with Crippen molar-refractivity contribution >= 4 is 29.3 Å². The summed E-state index contributed by atoms with van der Waals surface area (Å²) < 4.78 is 7.70. The first-order valence-corrected chi connectivity index (χ1v) is 10.5. The second kappa shape index (κ2) is 9.80. The third-order valence-corrected chi connectivity index (χ3v) is 5.50. The number of halogens is 1. The Morgan fingerprint density at radius 1 is 1.14 bits per heavy atom. The summed E-state index contributed by atoms with van der Waals surface area (Å²) in [5.74, 6) is 1.70. The molecule has 6 nitrogen and oxygen atoms in total. The predicted octanol–water partition coefficient (Wildman–Crippen LogP) is 4.07. The van der Waals surface area contributed by atoms with Crippen molar-refractivity contribution in [3.05, 3.63) is 70.0 Å². The van der Waals surface area contributed by atoms with E-state index >= 15 is 0 Å². The molecule has 2 aromatic carbocycles. The lowest BCUT2D eigenvalue weighted by atomic mass is 10.1. The van der Waals surface area contributed by atoms with Gasteiger partial charge in [0.1, 0.15) is 12.4 Å². The van der Waals surface area contributed by atoms with Crippen molar-refractivity contribution in [3.8, 4) is 5.75 Å². The molecule has 1 aromatic heterocycles. The number of carbonyl (C=O) groups excluding carboxylic acids is 1. The molecule has 1 N–H and O–H groups in total. The van der Waals surface area contributed by atoms with Crippen LogP contribution in [0, 0.1) is 13.8 Å². The molecular weight excluding hydrogens is 408 g/mol. The summed E-state index contributed by atoms with van der Waals surface area (Å²) >= 11 is 7.21. The van der Waals surface area contributed by atoms with Crippen LogP contribution in [0.2, 0.25) is 5.02 Å². The van der Waals surface area contributed by atoms with Gasteiger partial charge in [0.2, 0.25) is 5.91 Å². The van der Waals surface area contributed by atoms with Gasteiger partial charge in [0.05, 0.1) is 5.75 Å². The quantitative estimate of drug-likeness (QED) is 0.545. The van der Waals surface area contributed by atoms with Gasteiger partial charge >= 0.3 is 0 Å². The molecule has 29 heavy (non-hydrogen) atoms. The third-order valence-electron chi connectivity index (χ3n) is 4.22. The fourth-order valence-electron chi connectivity index (χ4n) is 2.74. The number of rotatable bonds is 8. The molecule has 0 fully saturated rings. The Balaban J connectivity index is 1.48. The number of nitrogens with zero attached hydrogens (tertiary/aromatic N) is 3. The number of carbonyl (C=O) groups is 1. The molecule has 0 atom stereocenters. The van der Waals surface area contributed by atoms with Crippen molar-refractivity contribution in [2.45, 2.75) is 32.2 Å². The highest BCUT2D eigenvalue weighted by molar-refractivity contribution is 7.99. The van der Waals surface area contributed by atoms with Gasteiger partial charge in [-0.3, -0.25) is 4.79 Å². The number of hydrogen-bond donors (Lipinski definition) is 1. The average Bonchev–Trinajstić information content (AvgIpc) is 3.03. The van der Waals surface area contributed by atoms with E-state index in [0.29, 0.717) is 29.2 Å². The fourth-order valence-corrected chi connectivity index (χ4v) is 3.63. The number of thioether (sulfide) groups is 1. The van der Waals surface area contributed by atoms with Crippen LogP contribution in [0.3, 0.4) is 0 Å². The van der Waals surface area contributed by atoms with Gasteiger partial charge in [0, 0.05) is 18.6 Å². The highest BCUT2D eigenvalue weighted by Gasteiger charge is 2.12. The maximum atomic E-state index is 12.1. The van der Waals surface area contributed by atoms with Crippen LogP contribution < -0.4 is 10.1 Å². The first-order chi connectivity index (χ1) is 13.9. The fraction of sp³-hybridized carbons (Fsp3) is 0.286. The van der Waals surface area contributed by atoms with Gasteiger partial charge in [-0.1, -0.05) is 41.6 Å². The van der Waals surface area contributed by atoms with E-state index in [1.54, 1.807) is 12.1 Å². The van der Waals surface area contributed by atoms with Crippen molar-refractivity contribution in [2.75, 3.05) is 5.75 Å². The molecule has 0 aliphatic heterocycles. The number of aryl methyl sites for hydroxylation is 2. The van der Waals surface area contributed by atoms with Gasteiger partial charge in [0.15, 0.2) is 11.0 Å². The second-order valence-electron chi connectivity index (χ2n) is 6.76. The summed E-state index contributed by atoms with van der Waals surface area (Å²) in [4.78, 5) is 12.1. The van der Waals surface area contributed by atoms with E-state index in [9.17, 15) is 4.79 Å². The minimum absolute atomic E-state index is 0.0685. The lowest BCUT2D eigenvalue weighted by Gasteiger charge is -2.08. The van der Waals surface area contributed by atoms with Crippen LogP contribution in [0.5, 0.6) is 5.75 Å². The Labute approximate surface area is 179 Å². The van der Waals surface area contributed by atoms with Crippen molar-refractivity contribution < 1.29 is 9.53 Å². The van der Waals surface area contributed by atoms with E-state index in [1.807, 2.05) is 49.7 Å². The second-order valence-corrected chi connectivity index (χ2v) is 8.14. The van der Waals surface area contributed by atoms with Gasteiger partial charge in [-0.25, -0.2) is 0 Å². The summed E-state index contributed by atoms with van der Waals surface area (Å²) in [6, 6.07) is 13.5. The Kier molecular flexibility index (Phi) is 7.17.